The van der Waals surface area contributed by atoms with E-state index in [4.69, 9.17) is 12.2 Å². The molecule has 1 aliphatic heterocycles. The monoisotopic (exact) mass is 330 g/mol. The summed E-state index contributed by atoms with van der Waals surface area (Å²) in [6.45, 7) is 4.84. The van der Waals surface area contributed by atoms with E-state index >= 15 is 0 Å². The summed E-state index contributed by atoms with van der Waals surface area (Å²) in [5, 5.41) is 9.53. The maximum absolute atomic E-state index is 11.6. The van der Waals surface area contributed by atoms with Gasteiger partial charge in [0.1, 0.15) is 10.4 Å². The molecule has 0 amide bonds. The van der Waals surface area contributed by atoms with Crippen LogP contribution in [0.1, 0.15) is 52.4 Å². The summed E-state index contributed by atoms with van der Waals surface area (Å²) >= 11 is 7.14. The van der Waals surface area contributed by atoms with Gasteiger partial charge in [-0.25, -0.2) is 0 Å². The second kappa shape index (κ2) is 7.79. The summed E-state index contributed by atoms with van der Waals surface area (Å²) in [5.41, 5.74) is 0. The Kier molecular flexibility index (Phi) is 6.32. The zero-order chi connectivity index (χ0) is 15.4. The van der Waals surface area contributed by atoms with Crippen LogP contribution in [0.4, 0.5) is 0 Å². The number of aliphatic carboxylic acids is 1. The van der Waals surface area contributed by atoms with Crippen molar-refractivity contribution in [2.24, 2.45) is 5.92 Å². The molecule has 0 aromatic rings. The van der Waals surface area contributed by atoms with E-state index in [0.29, 0.717) is 30.9 Å². The molecule has 21 heavy (non-hydrogen) atoms. The number of rotatable bonds is 5. The van der Waals surface area contributed by atoms with E-state index in [2.05, 4.69) is 23.6 Å². The number of hydrogen-bond donors (Lipinski definition) is 1. The molecule has 1 N–H and O–H groups in total. The number of hydrogen-bond acceptors (Lipinski definition) is 4. The number of thioether (sulfide) groups is 1. The van der Waals surface area contributed by atoms with Crippen LogP contribution in [0.3, 0.4) is 0 Å². The van der Waals surface area contributed by atoms with E-state index in [1.807, 2.05) is 0 Å². The van der Waals surface area contributed by atoms with Gasteiger partial charge in [-0.1, -0.05) is 57.1 Å². The van der Waals surface area contributed by atoms with Gasteiger partial charge in [-0.3, -0.25) is 9.69 Å². The van der Waals surface area contributed by atoms with Crippen LogP contribution in [-0.4, -0.2) is 49.8 Å². The molecule has 1 saturated heterocycles. The highest BCUT2D eigenvalue weighted by molar-refractivity contribution is 8.22. The largest absolute Gasteiger partial charge is 0.480 e. The van der Waals surface area contributed by atoms with Crippen LogP contribution in [-0.2, 0) is 4.79 Å². The quantitative estimate of drug-likeness (QED) is 0.780. The van der Waals surface area contributed by atoms with Gasteiger partial charge in [-0.05, 0) is 25.2 Å². The van der Waals surface area contributed by atoms with Gasteiger partial charge in [-0.15, -0.1) is 0 Å². The molecule has 0 bridgehead atoms. The molecule has 2 aliphatic rings. The Morgan fingerprint density at radius 1 is 1.38 bits per heavy atom. The topological polar surface area (TPSA) is 43.8 Å². The first-order chi connectivity index (χ1) is 9.99. The molecule has 0 aromatic heterocycles. The number of carbonyl (C=O) groups is 1. The fraction of sp³-hybridized carbons (Fsp3) is 0.867. The molecule has 4 nitrogen and oxygen atoms in total. The highest BCUT2D eigenvalue weighted by Crippen LogP contribution is 2.30. The average molecular weight is 331 g/mol. The smallest absolute Gasteiger partial charge is 0.321 e. The van der Waals surface area contributed by atoms with E-state index in [-0.39, 0.29) is 0 Å². The van der Waals surface area contributed by atoms with E-state index < -0.39 is 12.0 Å². The van der Waals surface area contributed by atoms with Crippen molar-refractivity contribution in [2.75, 3.05) is 12.5 Å². The molecule has 1 heterocycles. The van der Waals surface area contributed by atoms with Gasteiger partial charge in [0.2, 0.25) is 0 Å². The molecule has 2 rings (SSSR count). The van der Waals surface area contributed by atoms with Crippen molar-refractivity contribution in [1.82, 2.24) is 9.80 Å². The molecule has 1 saturated carbocycles. The lowest BCUT2D eigenvalue weighted by molar-refractivity contribution is -0.144. The predicted molar refractivity (Wildman–Crippen MR) is 91.4 cm³/mol. The van der Waals surface area contributed by atoms with Crippen molar-refractivity contribution in [1.29, 1.82) is 0 Å². The van der Waals surface area contributed by atoms with Crippen molar-refractivity contribution >= 4 is 34.3 Å². The Morgan fingerprint density at radius 2 is 2.05 bits per heavy atom. The van der Waals surface area contributed by atoms with Gasteiger partial charge in [-0.2, -0.15) is 0 Å². The lowest BCUT2D eigenvalue weighted by Crippen LogP contribution is -2.55. The Bertz CT molecular complexity index is 384. The van der Waals surface area contributed by atoms with Crippen LogP contribution < -0.4 is 0 Å². The molecule has 0 spiro atoms. The second-order valence-corrected chi connectivity index (χ2v) is 8.09. The van der Waals surface area contributed by atoms with Crippen LogP contribution in [0.25, 0.3) is 0 Å². The number of carboxylic acid groups (broad SMARTS) is 1. The Hall–Kier alpha value is -0.330. The molecule has 2 fully saturated rings. The zero-order valence-corrected chi connectivity index (χ0v) is 14.6. The fourth-order valence-corrected chi connectivity index (χ4v) is 4.49. The normalized spacial score (nSPS) is 23.6. The Balaban J connectivity index is 2.03. The van der Waals surface area contributed by atoms with Crippen molar-refractivity contribution < 1.29 is 9.90 Å². The summed E-state index contributed by atoms with van der Waals surface area (Å²) in [6, 6.07) is 0.113. The predicted octanol–water partition coefficient (Wildman–Crippen LogP) is 3.37. The molecule has 120 valence electrons. The minimum atomic E-state index is -0.708. The number of thiocarbonyl (C=S) groups is 1. The van der Waals surface area contributed by atoms with Crippen molar-refractivity contribution in [3.05, 3.63) is 0 Å². The third-order valence-electron chi connectivity index (χ3n) is 4.36. The Labute approximate surface area is 137 Å². The summed E-state index contributed by atoms with van der Waals surface area (Å²) in [5.74, 6) is 0.375. The Morgan fingerprint density at radius 3 is 2.62 bits per heavy atom. The van der Waals surface area contributed by atoms with Crippen LogP contribution >= 0.6 is 24.0 Å². The molecule has 6 heteroatoms. The first kappa shape index (κ1) is 17.0. The fourth-order valence-electron chi connectivity index (χ4n) is 3.21. The summed E-state index contributed by atoms with van der Waals surface area (Å²) in [6.07, 6.45) is 6.93. The summed E-state index contributed by atoms with van der Waals surface area (Å²) < 4.78 is 0.951. The zero-order valence-electron chi connectivity index (χ0n) is 13.0. The first-order valence-corrected chi connectivity index (χ1v) is 9.28. The highest BCUT2D eigenvalue weighted by Gasteiger charge is 2.34. The maximum Gasteiger partial charge on any atom is 0.321 e. The second-order valence-electron chi connectivity index (χ2n) is 6.51. The molecule has 0 aromatic carbocycles. The number of nitrogens with zero attached hydrogens (tertiary/aromatic N) is 2. The molecule has 0 radical (unpaired) electrons. The van der Waals surface area contributed by atoms with Gasteiger partial charge in [0.15, 0.2) is 0 Å². The number of carboxylic acids is 1. The summed E-state index contributed by atoms with van der Waals surface area (Å²) in [7, 11) is 0. The molecular formula is C15H26N2O2S2. The molecule has 1 aliphatic carbocycles. The average Bonchev–Trinajstić information content (AvgIpc) is 2.46. The van der Waals surface area contributed by atoms with E-state index in [0.717, 1.165) is 4.32 Å². The van der Waals surface area contributed by atoms with E-state index in [9.17, 15) is 9.90 Å². The summed E-state index contributed by atoms with van der Waals surface area (Å²) in [4.78, 5) is 16.0. The molecular weight excluding hydrogens is 304 g/mol. The van der Waals surface area contributed by atoms with Crippen molar-refractivity contribution in [3.63, 3.8) is 0 Å². The minimum absolute atomic E-state index is 0.383. The van der Waals surface area contributed by atoms with Gasteiger partial charge in [0.05, 0.1) is 12.5 Å². The van der Waals surface area contributed by atoms with Gasteiger partial charge < -0.3 is 10.0 Å². The van der Waals surface area contributed by atoms with Crippen LogP contribution in [0.5, 0.6) is 0 Å². The lowest BCUT2D eigenvalue weighted by atomic mass is 9.94. The van der Waals surface area contributed by atoms with Gasteiger partial charge in [0, 0.05) is 6.04 Å². The van der Waals surface area contributed by atoms with Crippen LogP contribution in [0.2, 0.25) is 0 Å². The van der Waals surface area contributed by atoms with Crippen LogP contribution in [0, 0.1) is 5.92 Å². The van der Waals surface area contributed by atoms with Gasteiger partial charge >= 0.3 is 5.97 Å². The molecule has 1 atom stereocenters. The standard InChI is InChI=1S/C15H26N2O2S2/c1-11(2)8-13(14(18)19)16-9-17(15(20)21-10-16)12-6-4-3-5-7-12/h11-13H,3-10H2,1-2H3,(H,18,19)/t13-/m0/s1. The van der Waals surface area contributed by atoms with E-state index in [1.165, 1.54) is 32.1 Å². The first-order valence-electron chi connectivity index (χ1n) is 7.89. The molecule has 0 unspecified atom stereocenters. The third-order valence-corrected chi connectivity index (χ3v) is 5.89. The lowest BCUT2D eigenvalue weighted by Gasteiger charge is -2.44. The maximum atomic E-state index is 11.6. The third kappa shape index (κ3) is 4.57. The van der Waals surface area contributed by atoms with Crippen molar-refractivity contribution in [3.8, 4) is 0 Å². The van der Waals surface area contributed by atoms with E-state index in [1.54, 1.807) is 11.8 Å². The van der Waals surface area contributed by atoms with Crippen LogP contribution in [0.15, 0.2) is 0 Å². The van der Waals surface area contributed by atoms with Gasteiger partial charge in [0.25, 0.3) is 0 Å². The minimum Gasteiger partial charge on any atom is -0.480 e. The SMILES string of the molecule is CC(C)C[C@@H](C(=O)O)N1CSC(=S)N(C2CCCCC2)C1. The highest BCUT2D eigenvalue weighted by atomic mass is 32.2. The van der Waals surface area contributed by atoms with Crippen molar-refractivity contribution in [2.45, 2.75) is 64.5 Å².